The number of methoxy groups -OCH3 is 2. The van der Waals surface area contributed by atoms with Crippen LogP contribution in [0, 0.1) is 0 Å². The first-order chi connectivity index (χ1) is 10.2. The zero-order valence-electron chi connectivity index (χ0n) is 12.0. The third-order valence-electron chi connectivity index (χ3n) is 2.82. The number of carbonyl (C=O) groups excluding carboxylic acids is 1. The first-order valence-corrected chi connectivity index (χ1v) is 8.47. The van der Waals surface area contributed by atoms with Crippen LogP contribution in [0.15, 0.2) is 23.2 Å². The van der Waals surface area contributed by atoms with Crippen molar-refractivity contribution in [1.82, 2.24) is 5.32 Å². The molecule has 0 spiro atoms. The summed E-state index contributed by atoms with van der Waals surface area (Å²) in [5.41, 5.74) is 0.971. The number of thioether (sulfide) groups is 2. The Kier molecular flexibility index (Phi) is 6.25. The Hall–Kier alpha value is -1.34. The number of aliphatic imine (C=N–C) groups is 1. The quantitative estimate of drug-likeness (QED) is 0.868. The fraction of sp³-hybridized carbons (Fsp3) is 0.429. The molecule has 0 atom stereocenters. The Labute approximate surface area is 132 Å². The molecule has 1 amide bonds. The van der Waals surface area contributed by atoms with Gasteiger partial charge < -0.3 is 14.8 Å². The monoisotopic (exact) mass is 326 g/mol. The van der Waals surface area contributed by atoms with Crippen molar-refractivity contribution in [2.75, 3.05) is 32.3 Å². The number of ether oxygens (including phenoxy) is 2. The predicted molar refractivity (Wildman–Crippen MR) is 88.6 cm³/mol. The summed E-state index contributed by atoms with van der Waals surface area (Å²) >= 11 is 3.21. The standard InChI is InChI=1S/C14H18N2O3S2/c1-18-11-4-3-10(7-12(11)19-2)8-16-13(17)9-21-14-15-5-6-20-14/h3-4,7H,5-6,8-9H2,1-2H3,(H,16,17). The van der Waals surface area contributed by atoms with Crippen LogP contribution in [0.3, 0.4) is 0 Å². The van der Waals surface area contributed by atoms with Crippen molar-refractivity contribution in [3.8, 4) is 11.5 Å². The van der Waals surface area contributed by atoms with Gasteiger partial charge in [0.15, 0.2) is 11.5 Å². The maximum atomic E-state index is 11.8. The van der Waals surface area contributed by atoms with E-state index in [1.54, 1.807) is 26.0 Å². The van der Waals surface area contributed by atoms with Crippen LogP contribution in [0.1, 0.15) is 5.56 Å². The van der Waals surface area contributed by atoms with Gasteiger partial charge in [0.25, 0.3) is 0 Å². The van der Waals surface area contributed by atoms with Gasteiger partial charge in [-0.15, -0.1) is 0 Å². The summed E-state index contributed by atoms with van der Waals surface area (Å²) in [6.07, 6.45) is 0. The minimum absolute atomic E-state index is 0.00462. The lowest BCUT2D eigenvalue weighted by atomic mass is 10.2. The van der Waals surface area contributed by atoms with Crippen LogP contribution in [0.5, 0.6) is 11.5 Å². The number of hydrogen-bond acceptors (Lipinski definition) is 6. The van der Waals surface area contributed by atoms with Crippen LogP contribution in [-0.2, 0) is 11.3 Å². The van der Waals surface area contributed by atoms with E-state index in [0.29, 0.717) is 23.8 Å². The summed E-state index contributed by atoms with van der Waals surface area (Å²) in [5.74, 6) is 2.77. The minimum atomic E-state index is 0.00462. The van der Waals surface area contributed by atoms with E-state index in [1.165, 1.54) is 11.8 Å². The molecule has 1 aromatic rings. The van der Waals surface area contributed by atoms with Crippen molar-refractivity contribution < 1.29 is 14.3 Å². The lowest BCUT2D eigenvalue weighted by Gasteiger charge is -2.10. The Morgan fingerprint density at radius 3 is 2.86 bits per heavy atom. The Morgan fingerprint density at radius 2 is 2.19 bits per heavy atom. The van der Waals surface area contributed by atoms with Gasteiger partial charge in [0.05, 0.1) is 26.5 Å². The van der Waals surface area contributed by atoms with Crippen molar-refractivity contribution >= 4 is 33.8 Å². The second kappa shape index (κ2) is 8.19. The summed E-state index contributed by atoms with van der Waals surface area (Å²) in [7, 11) is 3.19. The topological polar surface area (TPSA) is 59.9 Å². The van der Waals surface area contributed by atoms with Gasteiger partial charge in [-0.2, -0.15) is 0 Å². The van der Waals surface area contributed by atoms with E-state index in [1.807, 2.05) is 18.2 Å². The first-order valence-electron chi connectivity index (χ1n) is 6.50. The van der Waals surface area contributed by atoms with Crippen molar-refractivity contribution in [3.63, 3.8) is 0 Å². The molecule has 0 aliphatic carbocycles. The summed E-state index contributed by atoms with van der Waals surface area (Å²) in [5, 5.41) is 2.89. The summed E-state index contributed by atoms with van der Waals surface area (Å²) in [6, 6.07) is 5.60. The highest BCUT2D eigenvalue weighted by atomic mass is 32.2. The third-order valence-corrected chi connectivity index (χ3v) is 5.07. The lowest BCUT2D eigenvalue weighted by molar-refractivity contribution is -0.118. The van der Waals surface area contributed by atoms with Gasteiger partial charge >= 0.3 is 0 Å². The highest BCUT2D eigenvalue weighted by Crippen LogP contribution is 2.27. The highest BCUT2D eigenvalue weighted by Gasteiger charge is 2.11. The molecule has 114 valence electrons. The number of nitrogens with zero attached hydrogens (tertiary/aromatic N) is 1. The molecule has 1 N–H and O–H groups in total. The molecular weight excluding hydrogens is 308 g/mol. The summed E-state index contributed by atoms with van der Waals surface area (Å²) in [6.45, 7) is 1.33. The van der Waals surface area contributed by atoms with Crippen LogP contribution < -0.4 is 14.8 Å². The Bertz CT molecular complexity index is 535. The van der Waals surface area contributed by atoms with E-state index in [9.17, 15) is 4.79 Å². The molecule has 1 aromatic carbocycles. The van der Waals surface area contributed by atoms with Crippen LogP contribution in [0.4, 0.5) is 0 Å². The molecule has 1 aliphatic rings. The van der Waals surface area contributed by atoms with Crippen LogP contribution in [0.25, 0.3) is 0 Å². The molecule has 0 saturated heterocycles. The van der Waals surface area contributed by atoms with E-state index in [2.05, 4.69) is 10.3 Å². The molecule has 0 radical (unpaired) electrons. The molecule has 0 unspecified atom stereocenters. The molecule has 1 heterocycles. The maximum absolute atomic E-state index is 11.8. The van der Waals surface area contributed by atoms with Gasteiger partial charge in [-0.3, -0.25) is 9.79 Å². The van der Waals surface area contributed by atoms with Gasteiger partial charge in [0.1, 0.15) is 4.38 Å². The maximum Gasteiger partial charge on any atom is 0.230 e. The summed E-state index contributed by atoms with van der Waals surface area (Å²) < 4.78 is 11.4. The van der Waals surface area contributed by atoms with Crippen molar-refractivity contribution in [3.05, 3.63) is 23.8 Å². The zero-order valence-corrected chi connectivity index (χ0v) is 13.7. The van der Waals surface area contributed by atoms with E-state index in [-0.39, 0.29) is 5.91 Å². The number of hydrogen-bond donors (Lipinski definition) is 1. The number of carbonyl (C=O) groups is 1. The largest absolute Gasteiger partial charge is 0.493 e. The van der Waals surface area contributed by atoms with E-state index < -0.39 is 0 Å². The van der Waals surface area contributed by atoms with Gasteiger partial charge in [0, 0.05) is 12.3 Å². The SMILES string of the molecule is COc1ccc(CNC(=O)CSC2=NCCS2)cc1OC. The second-order valence-corrected chi connectivity index (χ2v) is 6.56. The molecule has 5 nitrogen and oxygen atoms in total. The molecule has 1 aliphatic heterocycles. The van der Waals surface area contributed by atoms with Crippen LogP contribution >= 0.6 is 23.5 Å². The van der Waals surface area contributed by atoms with E-state index in [4.69, 9.17) is 9.47 Å². The van der Waals surface area contributed by atoms with Crippen molar-refractivity contribution in [1.29, 1.82) is 0 Å². The van der Waals surface area contributed by atoms with E-state index >= 15 is 0 Å². The van der Waals surface area contributed by atoms with E-state index in [0.717, 1.165) is 22.2 Å². The van der Waals surface area contributed by atoms with Crippen LogP contribution in [0.2, 0.25) is 0 Å². The summed E-state index contributed by atoms with van der Waals surface area (Å²) in [4.78, 5) is 16.1. The molecule has 0 saturated carbocycles. The highest BCUT2D eigenvalue weighted by molar-refractivity contribution is 8.39. The average molecular weight is 326 g/mol. The van der Waals surface area contributed by atoms with Gasteiger partial charge in [-0.25, -0.2) is 0 Å². The molecule has 0 bridgehead atoms. The van der Waals surface area contributed by atoms with Crippen LogP contribution in [-0.4, -0.2) is 42.6 Å². The minimum Gasteiger partial charge on any atom is -0.493 e. The number of nitrogens with one attached hydrogen (secondary N) is 1. The first kappa shape index (κ1) is 16.0. The Morgan fingerprint density at radius 1 is 1.38 bits per heavy atom. The fourth-order valence-corrected chi connectivity index (χ4v) is 3.61. The van der Waals surface area contributed by atoms with Gasteiger partial charge in [-0.05, 0) is 17.7 Å². The lowest BCUT2D eigenvalue weighted by Crippen LogP contribution is -2.24. The molecule has 21 heavy (non-hydrogen) atoms. The third kappa shape index (κ3) is 4.86. The normalized spacial score (nSPS) is 13.7. The molecule has 7 heteroatoms. The predicted octanol–water partition coefficient (Wildman–Crippen LogP) is 2.16. The van der Waals surface area contributed by atoms with Gasteiger partial charge in [0.2, 0.25) is 5.91 Å². The molecule has 0 fully saturated rings. The zero-order chi connectivity index (χ0) is 15.1. The number of amides is 1. The fourth-order valence-electron chi connectivity index (χ4n) is 1.77. The van der Waals surface area contributed by atoms with Gasteiger partial charge in [-0.1, -0.05) is 29.6 Å². The molecular formula is C14H18N2O3S2. The molecule has 0 aromatic heterocycles. The smallest absolute Gasteiger partial charge is 0.230 e. The van der Waals surface area contributed by atoms with Crippen molar-refractivity contribution in [2.24, 2.45) is 4.99 Å². The Balaban J connectivity index is 1.80. The van der Waals surface area contributed by atoms with Crippen molar-refractivity contribution in [2.45, 2.75) is 6.54 Å². The molecule has 2 rings (SSSR count). The average Bonchev–Trinajstić information content (AvgIpc) is 3.04. The number of benzene rings is 1. The second-order valence-electron chi connectivity index (χ2n) is 4.25. The number of rotatable bonds is 6.